The normalized spacial score (nSPS) is 13.4. The number of benzene rings is 3. The molecular formula is C27H20FN7O2. The van der Waals surface area contributed by atoms with E-state index in [1.54, 1.807) is 46.1 Å². The second-order valence-corrected chi connectivity index (χ2v) is 8.59. The lowest BCUT2D eigenvalue weighted by Gasteiger charge is -2.23. The van der Waals surface area contributed by atoms with Gasteiger partial charge >= 0.3 is 0 Å². The molecule has 0 fully saturated rings. The zero-order chi connectivity index (χ0) is 25.4. The number of carbonyl (C=O) groups excluding carboxylic acids is 2. The van der Waals surface area contributed by atoms with E-state index in [1.165, 1.54) is 6.07 Å². The third kappa shape index (κ3) is 4.18. The first-order valence-electron chi connectivity index (χ1n) is 11.7. The molecule has 0 saturated heterocycles. The van der Waals surface area contributed by atoms with Crippen molar-refractivity contribution in [2.45, 2.75) is 19.3 Å². The van der Waals surface area contributed by atoms with Crippen molar-refractivity contribution in [3.63, 3.8) is 0 Å². The summed E-state index contributed by atoms with van der Waals surface area (Å²) in [5.74, 6) is -0.506. The van der Waals surface area contributed by atoms with Crippen LogP contribution < -0.4 is 10.2 Å². The minimum atomic E-state index is -0.367. The van der Waals surface area contributed by atoms with Gasteiger partial charge in [-0.3, -0.25) is 19.5 Å². The molecule has 0 bridgehead atoms. The van der Waals surface area contributed by atoms with Gasteiger partial charge in [0.25, 0.3) is 0 Å². The van der Waals surface area contributed by atoms with Crippen molar-refractivity contribution in [1.82, 2.24) is 25.2 Å². The number of amides is 2. The van der Waals surface area contributed by atoms with Crippen molar-refractivity contribution in [3.8, 4) is 5.69 Å². The van der Waals surface area contributed by atoms with Crippen molar-refractivity contribution in [2.24, 2.45) is 0 Å². The summed E-state index contributed by atoms with van der Waals surface area (Å²) in [7, 11) is 0. The molecule has 10 heteroatoms. The molecule has 0 unspecified atom stereocenters. The second-order valence-electron chi connectivity index (χ2n) is 8.59. The molecule has 1 N–H and O–H groups in total. The van der Waals surface area contributed by atoms with E-state index in [4.69, 9.17) is 0 Å². The smallest absolute Gasteiger partial charge is 0.241 e. The van der Waals surface area contributed by atoms with Crippen LogP contribution >= 0.6 is 0 Å². The molecule has 2 amide bonds. The molecular weight excluding hydrogens is 473 g/mol. The first kappa shape index (κ1) is 22.5. The number of aromatic nitrogens is 5. The fourth-order valence-corrected chi connectivity index (χ4v) is 4.53. The average molecular weight is 494 g/mol. The Kier molecular flexibility index (Phi) is 5.61. The summed E-state index contributed by atoms with van der Waals surface area (Å²) >= 11 is 0. The van der Waals surface area contributed by atoms with Gasteiger partial charge < -0.3 is 5.32 Å². The molecule has 1 aliphatic heterocycles. The maximum absolute atomic E-state index is 14.0. The van der Waals surface area contributed by atoms with Gasteiger partial charge in [-0.25, -0.2) is 4.39 Å². The number of aryl methyl sites for hydroxylation is 2. The van der Waals surface area contributed by atoms with Crippen molar-refractivity contribution >= 4 is 39.6 Å². The lowest BCUT2D eigenvalue weighted by atomic mass is 10.1. The molecule has 0 spiro atoms. The van der Waals surface area contributed by atoms with Crippen LogP contribution in [0.4, 0.5) is 21.5 Å². The zero-order valence-electron chi connectivity index (χ0n) is 19.5. The van der Waals surface area contributed by atoms with E-state index in [9.17, 15) is 14.0 Å². The van der Waals surface area contributed by atoms with Crippen LogP contribution in [0.25, 0.3) is 16.5 Å². The van der Waals surface area contributed by atoms with Crippen LogP contribution in [0.2, 0.25) is 0 Å². The van der Waals surface area contributed by atoms with E-state index in [1.807, 2.05) is 36.4 Å². The highest BCUT2D eigenvalue weighted by atomic mass is 19.1. The van der Waals surface area contributed by atoms with E-state index in [2.05, 4.69) is 25.8 Å². The molecule has 3 heterocycles. The minimum Gasteiger partial charge on any atom is -0.323 e. The van der Waals surface area contributed by atoms with E-state index in [-0.39, 0.29) is 24.1 Å². The molecule has 0 radical (unpaired) electrons. The van der Waals surface area contributed by atoms with E-state index in [0.717, 1.165) is 10.8 Å². The number of hydrogen-bond acceptors (Lipinski definition) is 6. The van der Waals surface area contributed by atoms with Crippen molar-refractivity contribution < 1.29 is 14.0 Å². The molecule has 6 rings (SSSR count). The fourth-order valence-electron chi connectivity index (χ4n) is 4.53. The van der Waals surface area contributed by atoms with Gasteiger partial charge in [-0.1, -0.05) is 30.3 Å². The Bertz CT molecular complexity index is 1650. The summed E-state index contributed by atoms with van der Waals surface area (Å²) in [5.41, 5.74) is 2.83. The summed E-state index contributed by atoms with van der Waals surface area (Å²) in [5, 5.41) is 16.7. The Labute approximate surface area is 210 Å². The number of hydrogen-bond donors (Lipinski definition) is 1. The molecule has 3 aromatic carbocycles. The van der Waals surface area contributed by atoms with Crippen LogP contribution in [0.15, 0.2) is 79.0 Å². The van der Waals surface area contributed by atoms with Gasteiger partial charge in [-0.15, -0.1) is 5.10 Å². The zero-order valence-corrected chi connectivity index (χ0v) is 19.5. The average Bonchev–Trinajstić information content (AvgIpc) is 3.33. The molecule has 0 saturated carbocycles. The van der Waals surface area contributed by atoms with Crippen LogP contribution in [0, 0.1) is 5.82 Å². The largest absolute Gasteiger partial charge is 0.323 e. The first-order valence-corrected chi connectivity index (χ1v) is 11.7. The van der Waals surface area contributed by atoms with Gasteiger partial charge in [-0.2, -0.15) is 4.68 Å². The molecule has 0 aliphatic carbocycles. The number of nitrogens with zero attached hydrogens (tertiary/aromatic N) is 6. The quantitative estimate of drug-likeness (QED) is 0.369. The molecule has 0 atom stereocenters. The Hall–Kier alpha value is -4.99. The predicted molar refractivity (Wildman–Crippen MR) is 135 cm³/mol. The highest BCUT2D eigenvalue weighted by Crippen LogP contribution is 2.40. The third-order valence-corrected chi connectivity index (χ3v) is 6.28. The maximum Gasteiger partial charge on any atom is 0.241 e. The lowest BCUT2D eigenvalue weighted by molar-refractivity contribution is -0.124. The Morgan fingerprint density at radius 2 is 1.70 bits per heavy atom. The van der Waals surface area contributed by atoms with Gasteiger partial charge in [0, 0.05) is 23.7 Å². The molecule has 2 aromatic heterocycles. The van der Waals surface area contributed by atoms with E-state index >= 15 is 0 Å². The minimum absolute atomic E-state index is 0.272. The Morgan fingerprint density at radius 1 is 0.892 bits per heavy atom. The summed E-state index contributed by atoms with van der Waals surface area (Å²) in [4.78, 5) is 31.3. The van der Waals surface area contributed by atoms with Crippen LogP contribution in [0.1, 0.15) is 17.9 Å². The number of pyridine rings is 1. The van der Waals surface area contributed by atoms with Crippen LogP contribution in [-0.4, -0.2) is 37.0 Å². The van der Waals surface area contributed by atoms with E-state index < -0.39 is 0 Å². The topological polar surface area (TPSA) is 106 Å². The number of fused-ring (bicyclic) bond motifs is 3. The van der Waals surface area contributed by atoms with Gasteiger partial charge in [0.2, 0.25) is 11.8 Å². The van der Waals surface area contributed by atoms with Gasteiger partial charge in [-0.05, 0) is 64.7 Å². The number of halogens is 1. The Morgan fingerprint density at radius 3 is 2.54 bits per heavy atom. The highest BCUT2D eigenvalue weighted by molar-refractivity contribution is 6.21. The van der Waals surface area contributed by atoms with Gasteiger partial charge in [0.1, 0.15) is 12.2 Å². The standard InChI is InChI=1S/C27H20FN7O2/c28-21-6-3-15-29-22(21)12-14-24-31-32-33-35(24)19-10-8-18(9-11-19)34-23-13-7-17-4-1-2-5-20(17)27(23)30-25(36)16-26(34)37/h1-11,13,15H,12,14,16H2,(H,30,36). The number of tetrazole rings is 1. The fraction of sp³-hybridized carbons (Fsp3) is 0.111. The summed E-state index contributed by atoms with van der Waals surface area (Å²) in [6, 6.07) is 21.5. The van der Waals surface area contributed by atoms with Gasteiger partial charge in [0.05, 0.1) is 22.8 Å². The maximum atomic E-state index is 14.0. The number of anilines is 3. The Balaban J connectivity index is 1.32. The van der Waals surface area contributed by atoms with Crippen LogP contribution in [0.5, 0.6) is 0 Å². The van der Waals surface area contributed by atoms with Gasteiger partial charge in [0.15, 0.2) is 5.82 Å². The van der Waals surface area contributed by atoms with E-state index in [0.29, 0.717) is 47.1 Å². The highest BCUT2D eigenvalue weighted by Gasteiger charge is 2.28. The van der Waals surface area contributed by atoms with Crippen molar-refractivity contribution in [2.75, 3.05) is 10.2 Å². The molecule has 9 nitrogen and oxygen atoms in total. The molecule has 182 valence electrons. The first-order chi connectivity index (χ1) is 18.1. The SMILES string of the molecule is O=C1CC(=O)N(c2ccc(-n3nnnc3CCc3ncccc3F)cc2)c2ccc3ccccc3c2N1. The second kappa shape index (κ2) is 9.23. The summed E-state index contributed by atoms with van der Waals surface area (Å²) in [6.45, 7) is 0. The molecule has 5 aromatic rings. The molecule has 37 heavy (non-hydrogen) atoms. The third-order valence-electron chi connectivity index (χ3n) is 6.28. The summed E-state index contributed by atoms with van der Waals surface area (Å²) < 4.78 is 15.5. The monoisotopic (exact) mass is 493 g/mol. The van der Waals surface area contributed by atoms with Crippen molar-refractivity contribution in [1.29, 1.82) is 0 Å². The number of carbonyl (C=O) groups is 2. The van der Waals surface area contributed by atoms with Crippen molar-refractivity contribution in [3.05, 3.63) is 96.3 Å². The number of nitrogens with one attached hydrogen (secondary N) is 1. The summed E-state index contributed by atoms with van der Waals surface area (Å²) in [6.07, 6.45) is 2.01. The number of rotatable bonds is 5. The molecule has 1 aliphatic rings. The van der Waals surface area contributed by atoms with Crippen LogP contribution in [-0.2, 0) is 22.4 Å². The van der Waals surface area contributed by atoms with Crippen LogP contribution in [0.3, 0.4) is 0 Å². The lowest BCUT2D eigenvalue weighted by Crippen LogP contribution is -2.26. The predicted octanol–water partition coefficient (Wildman–Crippen LogP) is 4.14.